The first-order chi connectivity index (χ1) is 9.57. The monoisotopic (exact) mass is 274 g/mol. The SMILES string of the molecule is CCC1CCCC(Nc2ccccc2C)(C(N)=O)CC1. The third-order valence-corrected chi connectivity index (χ3v) is 4.76. The highest BCUT2D eigenvalue weighted by atomic mass is 16.1. The number of para-hydroxylation sites is 1. The fraction of sp³-hybridized carbons (Fsp3) is 0.588. The summed E-state index contributed by atoms with van der Waals surface area (Å²) in [5, 5.41) is 3.47. The maximum absolute atomic E-state index is 12.1. The average molecular weight is 274 g/mol. The number of nitrogens with one attached hydrogen (secondary N) is 1. The summed E-state index contributed by atoms with van der Waals surface area (Å²) < 4.78 is 0. The molecule has 3 nitrogen and oxygen atoms in total. The molecule has 110 valence electrons. The van der Waals surface area contributed by atoms with Crippen LogP contribution in [0.2, 0.25) is 0 Å². The van der Waals surface area contributed by atoms with Crippen LogP contribution < -0.4 is 11.1 Å². The molecule has 1 aromatic rings. The Balaban J connectivity index is 2.22. The quantitative estimate of drug-likeness (QED) is 0.824. The van der Waals surface area contributed by atoms with Crippen molar-refractivity contribution in [2.75, 3.05) is 5.32 Å². The van der Waals surface area contributed by atoms with Gasteiger partial charge in [-0.1, -0.05) is 44.4 Å². The van der Waals surface area contributed by atoms with Gasteiger partial charge >= 0.3 is 0 Å². The van der Waals surface area contributed by atoms with Gasteiger partial charge in [0, 0.05) is 5.69 Å². The summed E-state index contributed by atoms with van der Waals surface area (Å²) in [4.78, 5) is 12.1. The smallest absolute Gasteiger partial charge is 0.243 e. The Morgan fingerprint density at radius 2 is 2.10 bits per heavy atom. The van der Waals surface area contributed by atoms with Crippen molar-refractivity contribution in [3.63, 3.8) is 0 Å². The highest BCUT2D eigenvalue weighted by Crippen LogP contribution is 2.35. The summed E-state index contributed by atoms with van der Waals surface area (Å²) in [6.07, 6.45) is 6.24. The van der Waals surface area contributed by atoms with Crippen LogP contribution in [0.15, 0.2) is 24.3 Å². The number of amides is 1. The summed E-state index contributed by atoms with van der Waals surface area (Å²) in [5.41, 5.74) is 7.37. The Kier molecular flexibility index (Phi) is 4.69. The molecule has 2 rings (SSSR count). The van der Waals surface area contributed by atoms with E-state index in [1.165, 1.54) is 12.8 Å². The number of carbonyl (C=O) groups excluding carboxylic acids is 1. The number of hydrogen-bond donors (Lipinski definition) is 2. The first-order valence-corrected chi connectivity index (χ1v) is 7.71. The number of hydrogen-bond acceptors (Lipinski definition) is 2. The van der Waals surface area contributed by atoms with Crippen LogP contribution in [-0.4, -0.2) is 11.4 Å². The van der Waals surface area contributed by atoms with Crippen molar-refractivity contribution in [1.82, 2.24) is 0 Å². The molecule has 0 aromatic heterocycles. The number of aryl methyl sites for hydroxylation is 1. The molecule has 1 aliphatic carbocycles. The van der Waals surface area contributed by atoms with Crippen LogP contribution in [0, 0.1) is 12.8 Å². The summed E-state index contributed by atoms with van der Waals surface area (Å²) in [6.45, 7) is 4.29. The van der Waals surface area contributed by atoms with Gasteiger partial charge in [0.25, 0.3) is 0 Å². The van der Waals surface area contributed by atoms with Crippen LogP contribution >= 0.6 is 0 Å². The van der Waals surface area contributed by atoms with Gasteiger partial charge in [0.15, 0.2) is 0 Å². The van der Waals surface area contributed by atoms with Gasteiger partial charge in [-0.15, -0.1) is 0 Å². The number of carbonyl (C=O) groups is 1. The molecule has 0 heterocycles. The van der Waals surface area contributed by atoms with Gasteiger partial charge in [0.1, 0.15) is 5.54 Å². The van der Waals surface area contributed by atoms with Crippen molar-refractivity contribution in [2.24, 2.45) is 11.7 Å². The minimum Gasteiger partial charge on any atom is -0.371 e. The van der Waals surface area contributed by atoms with E-state index >= 15 is 0 Å². The van der Waals surface area contributed by atoms with E-state index in [4.69, 9.17) is 5.73 Å². The third-order valence-electron chi connectivity index (χ3n) is 4.76. The van der Waals surface area contributed by atoms with Crippen LogP contribution in [0.1, 0.15) is 51.0 Å². The molecule has 2 atom stereocenters. The third kappa shape index (κ3) is 3.14. The maximum atomic E-state index is 12.1. The summed E-state index contributed by atoms with van der Waals surface area (Å²) in [6, 6.07) is 8.10. The van der Waals surface area contributed by atoms with Crippen LogP contribution in [-0.2, 0) is 4.79 Å². The predicted molar refractivity (Wildman–Crippen MR) is 83.6 cm³/mol. The average Bonchev–Trinajstić information content (AvgIpc) is 2.65. The molecule has 0 radical (unpaired) electrons. The normalized spacial score (nSPS) is 26.8. The van der Waals surface area contributed by atoms with Gasteiger partial charge in [-0.05, 0) is 43.7 Å². The molecule has 1 aromatic carbocycles. The van der Waals surface area contributed by atoms with E-state index in [0.717, 1.165) is 42.9 Å². The number of anilines is 1. The number of primary amides is 1. The molecule has 0 spiro atoms. The zero-order valence-electron chi connectivity index (χ0n) is 12.6. The lowest BCUT2D eigenvalue weighted by Gasteiger charge is -2.32. The molecular formula is C17H26N2O. The standard InChI is InChI=1S/C17H26N2O/c1-3-14-8-6-11-17(12-10-14,16(18)20)19-15-9-5-4-7-13(15)2/h4-5,7,9,14,19H,3,6,8,10-12H2,1-2H3,(H2,18,20). The maximum Gasteiger partial charge on any atom is 0.243 e. The van der Waals surface area contributed by atoms with E-state index in [-0.39, 0.29) is 5.91 Å². The number of benzene rings is 1. The van der Waals surface area contributed by atoms with Crippen molar-refractivity contribution in [1.29, 1.82) is 0 Å². The zero-order valence-corrected chi connectivity index (χ0v) is 12.6. The van der Waals surface area contributed by atoms with E-state index in [1.54, 1.807) is 0 Å². The largest absolute Gasteiger partial charge is 0.371 e. The van der Waals surface area contributed by atoms with Crippen LogP contribution in [0.5, 0.6) is 0 Å². The molecule has 1 amide bonds. The van der Waals surface area contributed by atoms with Crippen LogP contribution in [0.4, 0.5) is 5.69 Å². The van der Waals surface area contributed by atoms with Crippen molar-refractivity contribution in [2.45, 2.75) is 57.9 Å². The second-order valence-corrected chi connectivity index (χ2v) is 6.09. The molecule has 1 saturated carbocycles. The highest BCUT2D eigenvalue weighted by molar-refractivity contribution is 5.88. The van der Waals surface area contributed by atoms with E-state index in [1.807, 2.05) is 18.2 Å². The summed E-state index contributed by atoms with van der Waals surface area (Å²) >= 11 is 0. The second-order valence-electron chi connectivity index (χ2n) is 6.09. The van der Waals surface area contributed by atoms with E-state index in [9.17, 15) is 4.79 Å². The lowest BCUT2D eigenvalue weighted by molar-refractivity contribution is -0.122. The van der Waals surface area contributed by atoms with Crippen molar-refractivity contribution >= 4 is 11.6 Å². The minimum atomic E-state index is -0.573. The van der Waals surface area contributed by atoms with Crippen LogP contribution in [0.25, 0.3) is 0 Å². The Morgan fingerprint density at radius 1 is 1.35 bits per heavy atom. The fourth-order valence-corrected chi connectivity index (χ4v) is 3.22. The molecule has 1 fully saturated rings. The van der Waals surface area contributed by atoms with Gasteiger partial charge < -0.3 is 11.1 Å². The molecule has 1 aliphatic rings. The highest BCUT2D eigenvalue weighted by Gasteiger charge is 2.38. The zero-order chi connectivity index (χ0) is 14.6. The molecular weight excluding hydrogens is 248 g/mol. The van der Waals surface area contributed by atoms with Gasteiger partial charge in [-0.2, -0.15) is 0 Å². The first kappa shape index (κ1) is 14.9. The van der Waals surface area contributed by atoms with Crippen molar-refractivity contribution in [3.8, 4) is 0 Å². The second kappa shape index (κ2) is 6.29. The Labute approximate surface area is 121 Å². The number of nitrogens with two attached hydrogens (primary N) is 1. The summed E-state index contributed by atoms with van der Waals surface area (Å²) in [5.74, 6) is 0.521. The minimum absolute atomic E-state index is 0.211. The number of rotatable bonds is 4. The molecule has 0 saturated heterocycles. The van der Waals surface area contributed by atoms with Crippen LogP contribution in [0.3, 0.4) is 0 Å². The fourth-order valence-electron chi connectivity index (χ4n) is 3.22. The van der Waals surface area contributed by atoms with Crippen molar-refractivity contribution in [3.05, 3.63) is 29.8 Å². The predicted octanol–water partition coefficient (Wildman–Crippen LogP) is 3.62. The molecule has 20 heavy (non-hydrogen) atoms. The molecule has 2 unspecified atom stereocenters. The van der Waals surface area contributed by atoms with Gasteiger partial charge in [-0.3, -0.25) is 4.79 Å². The van der Waals surface area contributed by atoms with Gasteiger partial charge in [-0.25, -0.2) is 0 Å². The Hall–Kier alpha value is -1.51. The topological polar surface area (TPSA) is 55.1 Å². The van der Waals surface area contributed by atoms with E-state index < -0.39 is 5.54 Å². The Bertz CT molecular complexity index is 472. The first-order valence-electron chi connectivity index (χ1n) is 7.71. The van der Waals surface area contributed by atoms with Gasteiger partial charge in [0.2, 0.25) is 5.91 Å². The molecule has 0 aliphatic heterocycles. The summed E-state index contributed by atoms with van der Waals surface area (Å²) in [7, 11) is 0. The van der Waals surface area contributed by atoms with Crippen molar-refractivity contribution < 1.29 is 4.79 Å². The molecule has 3 N–H and O–H groups in total. The van der Waals surface area contributed by atoms with E-state index in [2.05, 4.69) is 25.2 Å². The lowest BCUT2D eigenvalue weighted by Crippen LogP contribution is -2.50. The lowest BCUT2D eigenvalue weighted by atomic mass is 9.88. The van der Waals surface area contributed by atoms with Gasteiger partial charge in [0.05, 0.1) is 0 Å². The van der Waals surface area contributed by atoms with E-state index in [0.29, 0.717) is 0 Å². The molecule has 3 heteroatoms. The molecule has 0 bridgehead atoms. The Morgan fingerprint density at radius 3 is 2.75 bits per heavy atom.